The first-order valence-electron chi connectivity index (χ1n) is 5.82. The van der Waals surface area contributed by atoms with Crippen LogP contribution in [-0.4, -0.2) is 36.3 Å². The lowest BCUT2D eigenvalue weighted by atomic mass is 10.2. The Morgan fingerprint density at radius 3 is 2.68 bits per heavy atom. The highest BCUT2D eigenvalue weighted by atomic mass is 16.5. The molecular formula is C14H14N2O3. The molecule has 1 aliphatic heterocycles. The average Bonchev–Trinajstić information content (AvgIpc) is 2.67. The molecule has 1 amide bonds. The van der Waals surface area contributed by atoms with Gasteiger partial charge in [-0.2, -0.15) is 0 Å². The van der Waals surface area contributed by atoms with Gasteiger partial charge in [0.2, 0.25) is 0 Å². The van der Waals surface area contributed by atoms with E-state index in [0.717, 1.165) is 5.56 Å². The van der Waals surface area contributed by atoms with Gasteiger partial charge >= 0.3 is 5.97 Å². The lowest BCUT2D eigenvalue weighted by Gasteiger charge is -2.13. The van der Waals surface area contributed by atoms with Crippen molar-refractivity contribution in [2.75, 3.05) is 13.7 Å². The third-order valence-corrected chi connectivity index (χ3v) is 2.75. The van der Waals surface area contributed by atoms with Gasteiger partial charge in [-0.1, -0.05) is 30.3 Å². The van der Waals surface area contributed by atoms with Crippen molar-refractivity contribution in [2.24, 2.45) is 4.99 Å². The van der Waals surface area contributed by atoms with Crippen LogP contribution in [0.15, 0.2) is 41.0 Å². The second-order valence-corrected chi connectivity index (χ2v) is 4.07. The summed E-state index contributed by atoms with van der Waals surface area (Å²) in [6.45, 7) is 1.57. The molecule has 0 aliphatic carbocycles. The number of carbonyl (C=O) groups is 2. The third kappa shape index (κ3) is 2.88. The molecule has 1 aromatic carbocycles. The van der Waals surface area contributed by atoms with Gasteiger partial charge in [0.1, 0.15) is 18.1 Å². The monoisotopic (exact) mass is 258 g/mol. The summed E-state index contributed by atoms with van der Waals surface area (Å²) in [4.78, 5) is 28.8. The first kappa shape index (κ1) is 13.0. The first-order valence-corrected chi connectivity index (χ1v) is 5.82. The lowest BCUT2D eigenvalue weighted by Crippen LogP contribution is -2.35. The Morgan fingerprint density at radius 1 is 1.37 bits per heavy atom. The summed E-state index contributed by atoms with van der Waals surface area (Å²) in [6.07, 6.45) is 1.70. The average molecular weight is 258 g/mol. The summed E-state index contributed by atoms with van der Waals surface area (Å²) >= 11 is 0. The first-order chi connectivity index (χ1) is 9.11. The highest BCUT2D eigenvalue weighted by Crippen LogP contribution is 2.17. The van der Waals surface area contributed by atoms with Crippen molar-refractivity contribution in [1.29, 1.82) is 0 Å². The number of carbonyl (C=O) groups excluding carboxylic acids is 2. The van der Waals surface area contributed by atoms with E-state index in [-0.39, 0.29) is 12.5 Å². The minimum absolute atomic E-state index is 0.114. The highest BCUT2D eigenvalue weighted by molar-refractivity contribution is 6.14. The molecule has 5 nitrogen and oxygen atoms in total. The summed E-state index contributed by atoms with van der Waals surface area (Å²) in [7, 11) is 1.29. The van der Waals surface area contributed by atoms with Gasteiger partial charge in [0, 0.05) is 0 Å². The van der Waals surface area contributed by atoms with Gasteiger partial charge < -0.3 is 4.74 Å². The maximum Gasteiger partial charge on any atom is 0.325 e. The van der Waals surface area contributed by atoms with Crippen LogP contribution in [0, 0.1) is 0 Å². The smallest absolute Gasteiger partial charge is 0.325 e. The molecule has 1 aromatic rings. The summed E-state index contributed by atoms with van der Waals surface area (Å²) in [5, 5.41) is 0. The Bertz CT molecular complexity index is 561. The van der Waals surface area contributed by atoms with Crippen LogP contribution in [0.3, 0.4) is 0 Å². The summed E-state index contributed by atoms with van der Waals surface area (Å²) in [6, 6.07) is 9.43. The molecule has 0 unspecified atom stereocenters. The number of nitrogens with zero attached hydrogens (tertiary/aromatic N) is 2. The number of ether oxygens (including phenoxy) is 1. The summed E-state index contributed by atoms with van der Waals surface area (Å²) in [5.74, 6) is -0.256. The molecule has 0 bridgehead atoms. The Morgan fingerprint density at radius 2 is 2.05 bits per heavy atom. The van der Waals surface area contributed by atoms with Crippen molar-refractivity contribution in [3.05, 3.63) is 41.6 Å². The number of hydrogen-bond acceptors (Lipinski definition) is 4. The number of amides is 1. The van der Waals surface area contributed by atoms with Crippen LogP contribution < -0.4 is 0 Å². The molecule has 2 rings (SSSR count). The molecule has 0 radical (unpaired) electrons. The van der Waals surface area contributed by atoms with Gasteiger partial charge in [0.25, 0.3) is 5.91 Å². The number of amidine groups is 1. The van der Waals surface area contributed by atoms with Gasteiger partial charge in [0.15, 0.2) is 0 Å². The van der Waals surface area contributed by atoms with E-state index in [1.807, 2.05) is 30.3 Å². The predicted molar refractivity (Wildman–Crippen MR) is 71.3 cm³/mol. The van der Waals surface area contributed by atoms with Gasteiger partial charge in [-0.15, -0.1) is 0 Å². The number of hydrogen-bond donors (Lipinski definition) is 0. The second-order valence-electron chi connectivity index (χ2n) is 4.07. The van der Waals surface area contributed by atoms with E-state index in [9.17, 15) is 9.59 Å². The van der Waals surface area contributed by atoms with Gasteiger partial charge in [-0.3, -0.25) is 14.5 Å². The zero-order valence-corrected chi connectivity index (χ0v) is 10.8. The quantitative estimate of drug-likeness (QED) is 0.609. The lowest BCUT2D eigenvalue weighted by molar-refractivity contribution is -0.143. The van der Waals surface area contributed by atoms with Crippen LogP contribution in [0.1, 0.15) is 12.5 Å². The minimum atomic E-state index is -0.469. The zero-order chi connectivity index (χ0) is 13.8. The Kier molecular flexibility index (Phi) is 3.75. The van der Waals surface area contributed by atoms with Crippen molar-refractivity contribution >= 4 is 23.8 Å². The van der Waals surface area contributed by atoms with Gasteiger partial charge in [0.05, 0.1) is 7.11 Å². The molecule has 0 saturated carbocycles. The number of rotatable bonds is 3. The zero-order valence-electron chi connectivity index (χ0n) is 10.8. The molecule has 0 aromatic heterocycles. The van der Waals surface area contributed by atoms with Crippen LogP contribution in [0.4, 0.5) is 0 Å². The van der Waals surface area contributed by atoms with Crippen molar-refractivity contribution in [1.82, 2.24) is 4.90 Å². The fourth-order valence-electron chi connectivity index (χ4n) is 1.75. The highest BCUT2D eigenvalue weighted by Gasteiger charge is 2.29. The molecule has 5 heteroatoms. The van der Waals surface area contributed by atoms with E-state index in [4.69, 9.17) is 0 Å². The molecular weight excluding hydrogens is 244 g/mol. The topological polar surface area (TPSA) is 59.0 Å². The molecule has 0 spiro atoms. The minimum Gasteiger partial charge on any atom is -0.468 e. The normalized spacial score (nSPS) is 16.7. The molecule has 98 valence electrons. The van der Waals surface area contributed by atoms with Crippen LogP contribution in [0.5, 0.6) is 0 Å². The number of aliphatic imine (C=N–C) groups is 1. The predicted octanol–water partition coefficient (Wildman–Crippen LogP) is 1.46. The summed E-state index contributed by atoms with van der Waals surface area (Å²) < 4.78 is 4.56. The van der Waals surface area contributed by atoms with Crippen molar-refractivity contribution in [3.63, 3.8) is 0 Å². The summed E-state index contributed by atoms with van der Waals surface area (Å²) in [5.41, 5.74) is 1.22. The van der Waals surface area contributed by atoms with Crippen LogP contribution in [-0.2, 0) is 14.3 Å². The van der Waals surface area contributed by atoms with E-state index < -0.39 is 5.97 Å². The van der Waals surface area contributed by atoms with E-state index in [2.05, 4.69) is 9.73 Å². The molecule has 0 N–H and O–H groups in total. The van der Waals surface area contributed by atoms with Gasteiger partial charge in [-0.25, -0.2) is 4.99 Å². The van der Waals surface area contributed by atoms with Crippen molar-refractivity contribution in [2.45, 2.75) is 6.92 Å². The third-order valence-electron chi connectivity index (χ3n) is 2.75. The Hall–Kier alpha value is -2.43. The number of methoxy groups -OCH3 is 1. The standard InChI is InChI=1S/C14H14N2O3/c1-10-15-12(8-11-6-4-3-5-7-11)14(18)16(10)9-13(17)19-2/h3-8H,9H2,1-2H3/b12-8-. The molecule has 19 heavy (non-hydrogen) atoms. The molecule has 0 fully saturated rings. The number of benzene rings is 1. The van der Waals surface area contributed by atoms with E-state index >= 15 is 0 Å². The van der Waals surface area contributed by atoms with E-state index in [0.29, 0.717) is 11.5 Å². The second kappa shape index (κ2) is 5.48. The number of esters is 1. The molecule has 1 heterocycles. The maximum atomic E-state index is 12.1. The van der Waals surface area contributed by atoms with Crippen LogP contribution in [0.2, 0.25) is 0 Å². The molecule has 1 aliphatic rings. The van der Waals surface area contributed by atoms with Crippen molar-refractivity contribution in [3.8, 4) is 0 Å². The van der Waals surface area contributed by atoms with E-state index in [1.54, 1.807) is 13.0 Å². The van der Waals surface area contributed by atoms with E-state index in [1.165, 1.54) is 12.0 Å². The maximum absolute atomic E-state index is 12.1. The van der Waals surface area contributed by atoms with Gasteiger partial charge in [-0.05, 0) is 18.6 Å². The Labute approximate surface area is 111 Å². The molecule has 0 atom stereocenters. The SMILES string of the molecule is COC(=O)CN1C(=O)/C(=C/c2ccccc2)N=C1C. The van der Waals surface area contributed by atoms with Crippen LogP contribution >= 0.6 is 0 Å². The van der Waals surface area contributed by atoms with Crippen LogP contribution in [0.25, 0.3) is 6.08 Å². The fourth-order valence-corrected chi connectivity index (χ4v) is 1.75. The molecule has 0 saturated heterocycles. The largest absolute Gasteiger partial charge is 0.468 e. The fraction of sp³-hybridized carbons (Fsp3) is 0.214. The van der Waals surface area contributed by atoms with Crippen molar-refractivity contribution < 1.29 is 14.3 Å². The Balaban J connectivity index is 2.21.